The number of nitrogens with zero attached hydrogens (tertiary/aromatic N) is 1. The third-order valence-corrected chi connectivity index (χ3v) is 6.10. The minimum Gasteiger partial charge on any atom is -0.494 e. The summed E-state index contributed by atoms with van der Waals surface area (Å²) in [5, 5.41) is 3.01. The Hall–Kier alpha value is -3.12. The number of nitrogens with one attached hydrogen (secondary N) is 1. The van der Waals surface area contributed by atoms with Crippen LogP contribution in [0, 0.1) is 0 Å². The van der Waals surface area contributed by atoms with Crippen LogP contribution in [0.3, 0.4) is 0 Å². The summed E-state index contributed by atoms with van der Waals surface area (Å²) in [6.45, 7) is 3.39. The van der Waals surface area contributed by atoms with Crippen molar-refractivity contribution >= 4 is 27.7 Å². The monoisotopic (exact) mass is 536 g/mol. The van der Waals surface area contributed by atoms with Crippen LogP contribution in [-0.2, 0) is 22.6 Å². The number of hydrogen-bond donors (Lipinski definition) is 1. The van der Waals surface area contributed by atoms with Gasteiger partial charge in [0.25, 0.3) is 0 Å². The van der Waals surface area contributed by atoms with Crippen molar-refractivity contribution in [2.45, 2.75) is 45.2 Å². The minimum absolute atomic E-state index is 0.0609. The van der Waals surface area contributed by atoms with Crippen molar-refractivity contribution in [2.24, 2.45) is 0 Å². The zero-order valence-corrected chi connectivity index (χ0v) is 21.7. The lowest BCUT2D eigenvalue weighted by atomic mass is 10.0. The molecule has 0 fully saturated rings. The van der Waals surface area contributed by atoms with E-state index in [4.69, 9.17) is 4.74 Å². The van der Waals surface area contributed by atoms with E-state index in [1.165, 1.54) is 0 Å². The van der Waals surface area contributed by atoms with Crippen molar-refractivity contribution in [1.29, 1.82) is 0 Å². The molecule has 0 saturated carbocycles. The Morgan fingerprint density at radius 3 is 2.31 bits per heavy atom. The molecule has 3 aromatic carbocycles. The molecule has 184 valence electrons. The second kappa shape index (κ2) is 14.3. The average Bonchev–Trinajstić information content (AvgIpc) is 2.88. The molecule has 0 aliphatic heterocycles. The average molecular weight is 537 g/mol. The van der Waals surface area contributed by atoms with Crippen LogP contribution in [0.2, 0.25) is 0 Å². The van der Waals surface area contributed by atoms with E-state index in [1.54, 1.807) is 4.90 Å². The van der Waals surface area contributed by atoms with E-state index in [0.717, 1.165) is 27.8 Å². The predicted molar refractivity (Wildman–Crippen MR) is 143 cm³/mol. The highest BCUT2D eigenvalue weighted by molar-refractivity contribution is 9.10. The molecule has 0 aliphatic carbocycles. The second-order valence-electron chi connectivity index (χ2n) is 8.41. The molecule has 0 heterocycles. The molecule has 0 spiro atoms. The normalized spacial score (nSPS) is 11.5. The summed E-state index contributed by atoms with van der Waals surface area (Å²) in [5.74, 6) is 0.598. The van der Waals surface area contributed by atoms with Gasteiger partial charge in [0.15, 0.2) is 0 Å². The number of halogens is 1. The van der Waals surface area contributed by atoms with E-state index in [9.17, 15) is 9.59 Å². The van der Waals surface area contributed by atoms with Crippen LogP contribution in [0.1, 0.15) is 37.3 Å². The van der Waals surface area contributed by atoms with E-state index in [2.05, 4.69) is 21.2 Å². The molecule has 6 heteroatoms. The van der Waals surface area contributed by atoms with Crippen molar-refractivity contribution in [3.8, 4) is 5.75 Å². The Morgan fingerprint density at radius 2 is 1.63 bits per heavy atom. The van der Waals surface area contributed by atoms with Crippen LogP contribution in [0.25, 0.3) is 0 Å². The number of rotatable bonds is 13. The first-order valence-electron chi connectivity index (χ1n) is 12.1. The van der Waals surface area contributed by atoms with Gasteiger partial charge in [-0.15, -0.1) is 0 Å². The number of carbonyl (C=O) groups excluding carboxylic acids is 2. The highest BCUT2D eigenvalue weighted by Gasteiger charge is 2.30. The molecular weight excluding hydrogens is 504 g/mol. The minimum atomic E-state index is -0.606. The molecule has 0 radical (unpaired) electrons. The zero-order chi connectivity index (χ0) is 24.9. The fraction of sp³-hybridized carbons (Fsp3) is 0.310. The third kappa shape index (κ3) is 8.87. The SMILES string of the molecule is CCCNC(=O)[C@@H](Cc1ccccc1)N(Cc1cccc(Br)c1)C(=O)CCCOc1ccccc1. The Kier molecular flexibility index (Phi) is 10.8. The van der Waals surface area contributed by atoms with Gasteiger partial charge in [0.1, 0.15) is 11.8 Å². The Bertz CT molecular complexity index is 1060. The summed E-state index contributed by atoms with van der Waals surface area (Å²) in [6, 6.07) is 26.7. The highest BCUT2D eigenvalue weighted by Crippen LogP contribution is 2.19. The second-order valence-corrected chi connectivity index (χ2v) is 9.33. The van der Waals surface area contributed by atoms with Crippen LogP contribution >= 0.6 is 15.9 Å². The van der Waals surface area contributed by atoms with Gasteiger partial charge in [0.05, 0.1) is 6.61 Å². The van der Waals surface area contributed by atoms with Crippen LogP contribution < -0.4 is 10.1 Å². The van der Waals surface area contributed by atoms with Crippen molar-refractivity contribution in [2.75, 3.05) is 13.2 Å². The van der Waals surface area contributed by atoms with Gasteiger partial charge in [0.2, 0.25) is 11.8 Å². The smallest absolute Gasteiger partial charge is 0.243 e. The Labute approximate surface area is 216 Å². The fourth-order valence-electron chi connectivity index (χ4n) is 3.83. The Morgan fingerprint density at radius 1 is 0.943 bits per heavy atom. The molecule has 1 N–H and O–H groups in total. The fourth-order valence-corrected chi connectivity index (χ4v) is 4.27. The Balaban J connectivity index is 1.78. The molecule has 3 rings (SSSR count). The van der Waals surface area contributed by atoms with Gasteiger partial charge >= 0.3 is 0 Å². The molecule has 0 bridgehead atoms. The van der Waals surface area contributed by atoms with Gasteiger partial charge in [-0.25, -0.2) is 0 Å². The van der Waals surface area contributed by atoms with E-state index in [1.807, 2.05) is 91.9 Å². The molecule has 3 aromatic rings. The van der Waals surface area contributed by atoms with Crippen LogP contribution in [0.15, 0.2) is 89.4 Å². The topological polar surface area (TPSA) is 58.6 Å². The van der Waals surface area contributed by atoms with Crippen molar-refractivity contribution in [3.05, 3.63) is 101 Å². The van der Waals surface area contributed by atoms with Gasteiger partial charge in [-0.05, 0) is 48.2 Å². The maximum Gasteiger partial charge on any atom is 0.243 e. The van der Waals surface area contributed by atoms with Crippen LogP contribution in [-0.4, -0.2) is 35.9 Å². The van der Waals surface area contributed by atoms with Crippen molar-refractivity contribution < 1.29 is 14.3 Å². The van der Waals surface area contributed by atoms with Gasteiger partial charge < -0.3 is 15.0 Å². The zero-order valence-electron chi connectivity index (χ0n) is 20.2. The summed E-state index contributed by atoms with van der Waals surface area (Å²) < 4.78 is 6.71. The summed E-state index contributed by atoms with van der Waals surface area (Å²) in [5.41, 5.74) is 1.98. The quantitative estimate of drug-likeness (QED) is 0.282. The van der Waals surface area contributed by atoms with Crippen LogP contribution in [0.4, 0.5) is 0 Å². The molecule has 35 heavy (non-hydrogen) atoms. The molecule has 1 atom stereocenters. The van der Waals surface area contributed by atoms with Crippen molar-refractivity contribution in [3.63, 3.8) is 0 Å². The first kappa shape index (κ1) is 26.5. The number of hydrogen-bond acceptors (Lipinski definition) is 3. The predicted octanol–water partition coefficient (Wildman–Crippen LogP) is 5.77. The maximum atomic E-state index is 13.5. The van der Waals surface area contributed by atoms with Gasteiger partial charge in [-0.3, -0.25) is 9.59 Å². The molecule has 2 amide bonds. The highest BCUT2D eigenvalue weighted by atomic mass is 79.9. The van der Waals surface area contributed by atoms with Gasteiger partial charge in [0, 0.05) is 30.4 Å². The van der Waals surface area contributed by atoms with Crippen molar-refractivity contribution in [1.82, 2.24) is 10.2 Å². The molecule has 5 nitrogen and oxygen atoms in total. The lowest BCUT2D eigenvalue weighted by molar-refractivity contribution is -0.141. The summed E-state index contributed by atoms with van der Waals surface area (Å²) >= 11 is 3.52. The number of ether oxygens (including phenoxy) is 1. The molecule has 0 saturated heterocycles. The number of carbonyl (C=O) groups is 2. The van der Waals surface area contributed by atoms with E-state index < -0.39 is 6.04 Å². The molecule has 0 unspecified atom stereocenters. The maximum absolute atomic E-state index is 13.5. The van der Waals surface area contributed by atoms with E-state index in [-0.39, 0.29) is 11.8 Å². The lowest BCUT2D eigenvalue weighted by Crippen LogP contribution is -2.50. The van der Waals surface area contributed by atoms with Crippen LogP contribution in [0.5, 0.6) is 5.75 Å². The van der Waals surface area contributed by atoms with Gasteiger partial charge in [-0.1, -0.05) is 83.5 Å². The molecular formula is C29H33BrN2O3. The lowest BCUT2D eigenvalue weighted by Gasteiger charge is -2.31. The summed E-state index contributed by atoms with van der Waals surface area (Å²) in [4.78, 5) is 28.5. The van der Waals surface area contributed by atoms with E-state index >= 15 is 0 Å². The number of benzene rings is 3. The molecule has 0 aromatic heterocycles. The third-order valence-electron chi connectivity index (χ3n) is 5.61. The standard InChI is InChI=1S/C29H33BrN2O3/c1-2-18-31-29(34)27(21-23-11-5-3-6-12-23)32(22-24-13-9-14-25(30)20-24)28(33)17-10-19-35-26-15-7-4-8-16-26/h3-9,11-16,20,27H,2,10,17-19,21-22H2,1H3,(H,31,34)/t27-/m1/s1. The number of amides is 2. The van der Waals surface area contributed by atoms with E-state index in [0.29, 0.717) is 39.0 Å². The molecule has 0 aliphatic rings. The summed E-state index contributed by atoms with van der Waals surface area (Å²) in [7, 11) is 0. The van der Waals surface area contributed by atoms with Gasteiger partial charge in [-0.2, -0.15) is 0 Å². The largest absolute Gasteiger partial charge is 0.494 e. The first-order chi connectivity index (χ1) is 17.1. The first-order valence-corrected chi connectivity index (χ1v) is 12.9. The summed E-state index contributed by atoms with van der Waals surface area (Å²) in [6.07, 6.45) is 2.15. The number of para-hydroxylation sites is 1.